The molecule has 1 fully saturated rings. The molecule has 1 aliphatic rings. The molecule has 3 aromatic carbocycles. The van der Waals surface area contributed by atoms with Crippen LogP contribution in [0.1, 0.15) is 15.9 Å². The molecule has 31 heavy (non-hydrogen) atoms. The van der Waals surface area contributed by atoms with Gasteiger partial charge in [0.1, 0.15) is 0 Å². The lowest BCUT2D eigenvalue weighted by Gasteiger charge is -2.27. The highest BCUT2D eigenvalue weighted by molar-refractivity contribution is 7.80. The van der Waals surface area contributed by atoms with Crippen molar-refractivity contribution in [1.29, 1.82) is 0 Å². The quantitative estimate of drug-likeness (QED) is 0.618. The second-order valence-electron chi connectivity index (χ2n) is 7.27. The molecule has 6 nitrogen and oxygen atoms in total. The lowest BCUT2D eigenvalue weighted by Crippen LogP contribution is -2.41. The van der Waals surface area contributed by atoms with Crippen LogP contribution in [-0.2, 0) is 16.0 Å². The Balaban J connectivity index is 1.42. The maximum Gasteiger partial charge on any atom is 0.256 e. The van der Waals surface area contributed by atoms with E-state index in [1.165, 1.54) is 0 Å². The zero-order valence-corrected chi connectivity index (χ0v) is 17.8. The lowest BCUT2D eigenvalue weighted by molar-refractivity contribution is -0.119. The maximum atomic E-state index is 12.9. The van der Waals surface area contributed by atoms with Gasteiger partial charge in [0.2, 0.25) is 5.91 Å². The molecule has 4 rings (SSSR count). The Hall–Kier alpha value is -3.29. The second-order valence-corrected chi connectivity index (χ2v) is 7.68. The number of fused-ring (bicyclic) bond motifs is 1. The molecule has 0 unspecified atom stereocenters. The number of morpholine rings is 1. The molecule has 0 bridgehead atoms. The maximum absolute atomic E-state index is 12.9. The van der Waals surface area contributed by atoms with Gasteiger partial charge in [-0.2, -0.15) is 0 Å². The Labute approximate surface area is 186 Å². The molecule has 2 amide bonds. The van der Waals surface area contributed by atoms with E-state index < -0.39 is 0 Å². The first-order chi connectivity index (χ1) is 15.1. The average Bonchev–Trinajstić information content (AvgIpc) is 2.79. The van der Waals surface area contributed by atoms with E-state index in [0.717, 1.165) is 16.3 Å². The summed E-state index contributed by atoms with van der Waals surface area (Å²) in [5.41, 5.74) is 2.01. The number of hydrogen-bond donors (Lipinski definition) is 2. The smallest absolute Gasteiger partial charge is 0.256 e. The molecule has 0 atom stereocenters. The summed E-state index contributed by atoms with van der Waals surface area (Å²) in [6.45, 7) is 2.17. The normalized spacial score (nSPS) is 13.6. The van der Waals surface area contributed by atoms with Crippen molar-refractivity contribution < 1.29 is 14.3 Å². The fourth-order valence-electron chi connectivity index (χ4n) is 3.66. The predicted molar refractivity (Wildman–Crippen MR) is 125 cm³/mol. The highest BCUT2D eigenvalue weighted by Gasteiger charge is 2.21. The lowest BCUT2D eigenvalue weighted by atomic mass is 10.0. The number of anilines is 1. The van der Waals surface area contributed by atoms with Crippen LogP contribution in [0, 0.1) is 0 Å². The molecular formula is C24H23N3O3S. The molecule has 0 aliphatic carbocycles. The monoisotopic (exact) mass is 433 g/mol. The molecule has 7 heteroatoms. The van der Waals surface area contributed by atoms with E-state index in [2.05, 4.69) is 10.6 Å². The van der Waals surface area contributed by atoms with Crippen LogP contribution >= 0.6 is 12.2 Å². The molecular weight excluding hydrogens is 410 g/mol. The van der Waals surface area contributed by atoms with Gasteiger partial charge in [-0.1, -0.05) is 54.6 Å². The summed E-state index contributed by atoms with van der Waals surface area (Å²) in [6, 6.07) is 21.0. The Morgan fingerprint density at radius 2 is 1.65 bits per heavy atom. The topological polar surface area (TPSA) is 70.7 Å². The van der Waals surface area contributed by atoms with Crippen molar-refractivity contribution in [2.75, 3.05) is 31.6 Å². The minimum absolute atomic E-state index is 0.0868. The van der Waals surface area contributed by atoms with Crippen LogP contribution in [0.3, 0.4) is 0 Å². The molecule has 1 aliphatic heterocycles. The first kappa shape index (κ1) is 21.0. The van der Waals surface area contributed by atoms with E-state index >= 15 is 0 Å². The second kappa shape index (κ2) is 9.68. The van der Waals surface area contributed by atoms with Gasteiger partial charge in [0, 0.05) is 13.1 Å². The summed E-state index contributed by atoms with van der Waals surface area (Å²) in [7, 11) is 0. The summed E-state index contributed by atoms with van der Waals surface area (Å²) < 4.78 is 5.32. The van der Waals surface area contributed by atoms with Crippen LogP contribution in [0.2, 0.25) is 0 Å². The zero-order chi connectivity index (χ0) is 21.6. The van der Waals surface area contributed by atoms with Gasteiger partial charge in [-0.05, 0) is 40.7 Å². The third-order valence-corrected chi connectivity index (χ3v) is 5.39. The van der Waals surface area contributed by atoms with E-state index in [1.807, 2.05) is 48.5 Å². The van der Waals surface area contributed by atoms with Gasteiger partial charge in [-0.15, -0.1) is 0 Å². The minimum Gasteiger partial charge on any atom is -0.378 e. The number of hydrogen-bond acceptors (Lipinski definition) is 4. The van der Waals surface area contributed by atoms with E-state index in [9.17, 15) is 9.59 Å². The summed E-state index contributed by atoms with van der Waals surface area (Å²) in [4.78, 5) is 27.2. The summed E-state index contributed by atoms with van der Waals surface area (Å²) in [5.74, 6) is -0.304. The first-order valence-corrected chi connectivity index (χ1v) is 10.6. The molecule has 2 N–H and O–H groups in total. The van der Waals surface area contributed by atoms with Crippen molar-refractivity contribution in [3.8, 4) is 0 Å². The average molecular weight is 434 g/mol. The van der Waals surface area contributed by atoms with Crippen molar-refractivity contribution in [1.82, 2.24) is 10.2 Å². The number of ether oxygens (including phenoxy) is 1. The molecule has 158 valence electrons. The number of carbonyl (C=O) groups is 2. The Bertz CT molecular complexity index is 1120. The molecule has 0 aromatic heterocycles. The Morgan fingerprint density at radius 1 is 0.935 bits per heavy atom. The largest absolute Gasteiger partial charge is 0.378 e. The van der Waals surface area contributed by atoms with Gasteiger partial charge in [0.25, 0.3) is 5.91 Å². The fourth-order valence-corrected chi connectivity index (χ4v) is 3.88. The van der Waals surface area contributed by atoms with Crippen LogP contribution in [0.15, 0.2) is 66.7 Å². The highest BCUT2D eigenvalue weighted by atomic mass is 32.1. The Morgan fingerprint density at radius 3 is 2.48 bits per heavy atom. The summed E-state index contributed by atoms with van der Waals surface area (Å²) in [6.07, 6.45) is 0.206. The van der Waals surface area contributed by atoms with Crippen molar-refractivity contribution in [2.24, 2.45) is 0 Å². The fraction of sp³-hybridized carbons (Fsp3) is 0.208. The van der Waals surface area contributed by atoms with Gasteiger partial charge in [-0.25, -0.2) is 0 Å². The SMILES string of the molecule is O=C(Cc1cccc2ccccc12)NC(=S)Nc1ccccc1C(=O)N1CCOCC1. The van der Waals surface area contributed by atoms with Gasteiger partial charge >= 0.3 is 0 Å². The van der Waals surface area contributed by atoms with Crippen molar-refractivity contribution >= 4 is 45.6 Å². The molecule has 0 saturated carbocycles. The summed E-state index contributed by atoms with van der Waals surface area (Å²) >= 11 is 5.34. The highest BCUT2D eigenvalue weighted by Crippen LogP contribution is 2.20. The minimum atomic E-state index is -0.217. The van der Waals surface area contributed by atoms with Gasteiger partial charge in [0.05, 0.1) is 30.9 Å². The van der Waals surface area contributed by atoms with Gasteiger partial charge in [-0.3, -0.25) is 9.59 Å². The summed E-state index contributed by atoms with van der Waals surface area (Å²) in [5, 5.41) is 8.02. The van der Waals surface area contributed by atoms with Crippen molar-refractivity contribution in [2.45, 2.75) is 6.42 Å². The van der Waals surface area contributed by atoms with Crippen molar-refractivity contribution in [3.05, 3.63) is 77.9 Å². The standard InChI is InChI=1S/C24H23N3O3S/c28-22(16-18-8-5-7-17-6-1-2-9-19(17)18)26-24(31)25-21-11-4-3-10-20(21)23(29)27-12-14-30-15-13-27/h1-11H,12-16H2,(H2,25,26,28,31). The molecule has 1 saturated heterocycles. The number of para-hydroxylation sites is 1. The zero-order valence-electron chi connectivity index (χ0n) is 17.0. The van der Waals surface area contributed by atoms with Crippen LogP contribution in [0.4, 0.5) is 5.69 Å². The molecule has 0 radical (unpaired) electrons. The number of benzene rings is 3. The first-order valence-electron chi connectivity index (χ1n) is 10.2. The van der Waals surface area contributed by atoms with Gasteiger partial charge < -0.3 is 20.3 Å². The van der Waals surface area contributed by atoms with E-state index in [0.29, 0.717) is 37.6 Å². The number of amides is 2. The third-order valence-electron chi connectivity index (χ3n) is 5.19. The van der Waals surface area contributed by atoms with Crippen LogP contribution < -0.4 is 10.6 Å². The number of carbonyl (C=O) groups excluding carboxylic acids is 2. The predicted octanol–water partition coefficient (Wildman–Crippen LogP) is 3.37. The Kier molecular flexibility index (Phi) is 6.54. The van der Waals surface area contributed by atoms with E-state index in [1.54, 1.807) is 23.1 Å². The van der Waals surface area contributed by atoms with Crippen LogP contribution in [0.5, 0.6) is 0 Å². The van der Waals surface area contributed by atoms with E-state index in [-0.39, 0.29) is 23.3 Å². The molecule has 0 spiro atoms. The molecule has 3 aromatic rings. The van der Waals surface area contributed by atoms with Crippen molar-refractivity contribution in [3.63, 3.8) is 0 Å². The number of rotatable bonds is 4. The van der Waals surface area contributed by atoms with Crippen LogP contribution in [-0.4, -0.2) is 48.1 Å². The number of thiocarbonyl (C=S) groups is 1. The number of nitrogens with one attached hydrogen (secondary N) is 2. The van der Waals surface area contributed by atoms with Gasteiger partial charge in [0.15, 0.2) is 5.11 Å². The molecule has 1 heterocycles. The van der Waals surface area contributed by atoms with Crippen LogP contribution in [0.25, 0.3) is 10.8 Å². The number of nitrogens with zero attached hydrogens (tertiary/aromatic N) is 1. The van der Waals surface area contributed by atoms with E-state index in [4.69, 9.17) is 17.0 Å². The third kappa shape index (κ3) is 5.07.